The number of hydrogen-bond donors (Lipinski definition) is 1. The fourth-order valence-electron chi connectivity index (χ4n) is 3.81. The number of aromatic nitrogens is 2. The number of H-pyrrole nitrogens is 1. The molecule has 2 heterocycles. The molecule has 1 amide bonds. The highest BCUT2D eigenvalue weighted by Gasteiger charge is 2.37. The topological polar surface area (TPSA) is 75.3 Å². The molecule has 0 spiro atoms. The fourth-order valence-corrected chi connectivity index (χ4v) is 3.81. The van der Waals surface area contributed by atoms with Crippen molar-refractivity contribution < 1.29 is 9.53 Å². The Kier molecular flexibility index (Phi) is 6.22. The van der Waals surface area contributed by atoms with E-state index in [0.29, 0.717) is 31.6 Å². The number of morpholine rings is 1. The first kappa shape index (κ1) is 21.2. The van der Waals surface area contributed by atoms with Crippen molar-refractivity contribution in [1.29, 1.82) is 0 Å². The third kappa shape index (κ3) is 5.12. The summed E-state index contributed by atoms with van der Waals surface area (Å²) in [5, 5.41) is 0. The van der Waals surface area contributed by atoms with Gasteiger partial charge in [-0.2, -0.15) is 4.98 Å². The highest BCUT2D eigenvalue weighted by molar-refractivity contribution is 5.76. The molecule has 0 saturated carbocycles. The van der Waals surface area contributed by atoms with Crippen molar-refractivity contribution in [2.75, 3.05) is 13.1 Å². The molecule has 6 nitrogen and oxygen atoms in total. The molecule has 1 aliphatic heterocycles. The molecule has 2 atom stereocenters. The van der Waals surface area contributed by atoms with Crippen LogP contribution in [0.1, 0.15) is 55.8 Å². The summed E-state index contributed by atoms with van der Waals surface area (Å²) >= 11 is 0. The van der Waals surface area contributed by atoms with Crippen LogP contribution in [-0.2, 0) is 16.0 Å². The van der Waals surface area contributed by atoms with Gasteiger partial charge < -0.3 is 14.6 Å². The van der Waals surface area contributed by atoms with Crippen LogP contribution in [0.25, 0.3) is 0 Å². The summed E-state index contributed by atoms with van der Waals surface area (Å²) in [5.41, 5.74) is 3.10. The van der Waals surface area contributed by atoms with Crippen LogP contribution in [0.5, 0.6) is 0 Å². The number of carbonyl (C=O) groups excluding carboxylic acids is 1. The Morgan fingerprint density at radius 2 is 1.90 bits per heavy atom. The molecule has 1 fully saturated rings. The second-order valence-corrected chi connectivity index (χ2v) is 8.92. The van der Waals surface area contributed by atoms with Crippen LogP contribution in [0, 0.1) is 19.3 Å². The number of benzene rings is 1. The third-order valence-corrected chi connectivity index (χ3v) is 5.63. The second kappa shape index (κ2) is 8.49. The third-order valence-electron chi connectivity index (χ3n) is 5.63. The van der Waals surface area contributed by atoms with Crippen molar-refractivity contribution in [3.63, 3.8) is 0 Å². The normalized spacial score (nSPS) is 20.0. The van der Waals surface area contributed by atoms with Crippen LogP contribution < -0.4 is 5.69 Å². The van der Waals surface area contributed by atoms with Crippen LogP contribution in [0.3, 0.4) is 0 Å². The molecule has 3 rings (SSSR count). The van der Waals surface area contributed by atoms with Gasteiger partial charge in [0.05, 0.1) is 12.6 Å². The van der Waals surface area contributed by atoms with Crippen LogP contribution in [0.15, 0.2) is 35.1 Å². The molecular formula is C23H31N3O3. The van der Waals surface area contributed by atoms with Gasteiger partial charge in [0, 0.05) is 24.4 Å². The molecule has 156 valence electrons. The summed E-state index contributed by atoms with van der Waals surface area (Å²) in [5.74, 6) is 0.105. The molecule has 0 unspecified atom stereocenters. The standard InChI is InChI=1S/C23H31N3O3/c1-15-18(16(2)25-22(28)24-15)11-12-21(27)26-13-19(17-9-7-6-8-10-17)29-20(14-26)23(3,4)5/h6-10,19-20H,11-14H2,1-5H3,(H,24,25,28)/t19-,20+/m0/s1. The largest absolute Gasteiger partial charge is 0.366 e. The molecule has 1 aliphatic rings. The number of ether oxygens (including phenoxy) is 1. The Morgan fingerprint density at radius 3 is 2.52 bits per heavy atom. The van der Waals surface area contributed by atoms with Crippen molar-refractivity contribution in [1.82, 2.24) is 14.9 Å². The van der Waals surface area contributed by atoms with E-state index in [0.717, 1.165) is 16.8 Å². The molecular weight excluding hydrogens is 366 g/mol. The van der Waals surface area contributed by atoms with E-state index in [1.165, 1.54) is 0 Å². The second-order valence-electron chi connectivity index (χ2n) is 8.92. The molecule has 1 saturated heterocycles. The molecule has 29 heavy (non-hydrogen) atoms. The lowest BCUT2D eigenvalue weighted by atomic mass is 9.87. The van der Waals surface area contributed by atoms with Gasteiger partial charge in [-0.15, -0.1) is 0 Å². The Morgan fingerprint density at radius 1 is 1.21 bits per heavy atom. The average molecular weight is 398 g/mol. The van der Waals surface area contributed by atoms with E-state index < -0.39 is 0 Å². The highest BCUT2D eigenvalue weighted by atomic mass is 16.5. The van der Waals surface area contributed by atoms with Crippen LogP contribution in [0.2, 0.25) is 0 Å². The summed E-state index contributed by atoms with van der Waals surface area (Å²) in [6.07, 6.45) is 0.779. The number of nitrogens with zero attached hydrogens (tertiary/aromatic N) is 2. The van der Waals surface area contributed by atoms with Crippen molar-refractivity contribution in [3.05, 3.63) is 63.3 Å². The monoisotopic (exact) mass is 397 g/mol. The smallest absolute Gasteiger partial charge is 0.345 e. The molecule has 1 aromatic carbocycles. The lowest BCUT2D eigenvalue weighted by Gasteiger charge is -2.43. The first-order valence-corrected chi connectivity index (χ1v) is 10.2. The van der Waals surface area contributed by atoms with Gasteiger partial charge in [0.25, 0.3) is 0 Å². The van der Waals surface area contributed by atoms with E-state index >= 15 is 0 Å². The van der Waals surface area contributed by atoms with Gasteiger partial charge in [0.2, 0.25) is 5.91 Å². The summed E-state index contributed by atoms with van der Waals surface area (Å²) in [4.78, 5) is 33.2. The molecule has 0 radical (unpaired) electrons. The molecule has 0 aliphatic carbocycles. The van der Waals surface area contributed by atoms with E-state index in [1.54, 1.807) is 0 Å². The number of hydrogen-bond acceptors (Lipinski definition) is 4. The summed E-state index contributed by atoms with van der Waals surface area (Å²) in [7, 11) is 0. The minimum atomic E-state index is -0.345. The fraction of sp³-hybridized carbons (Fsp3) is 0.522. The van der Waals surface area contributed by atoms with Crippen LogP contribution in [0.4, 0.5) is 0 Å². The number of amides is 1. The van der Waals surface area contributed by atoms with E-state index in [4.69, 9.17) is 4.74 Å². The molecule has 2 aromatic rings. The van der Waals surface area contributed by atoms with Gasteiger partial charge in [-0.05, 0) is 36.8 Å². The van der Waals surface area contributed by atoms with Crippen LogP contribution in [-0.4, -0.2) is 40.0 Å². The summed E-state index contributed by atoms with van der Waals surface area (Å²) in [6, 6.07) is 10.1. The Hall–Kier alpha value is -2.47. The Bertz CT molecular complexity index is 889. The number of carbonyl (C=O) groups is 1. The maximum atomic E-state index is 13.1. The minimum absolute atomic E-state index is 0.0383. The first-order chi connectivity index (χ1) is 13.6. The average Bonchev–Trinajstić information content (AvgIpc) is 2.66. The predicted octanol–water partition coefficient (Wildman–Crippen LogP) is 3.33. The predicted molar refractivity (Wildman–Crippen MR) is 113 cm³/mol. The minimum Gasteiger partial charge on any atom is -0.366 e. The summed E-state index contributed by atoms with van der Waals surface area (Å²) in [6.45, 7) is 11.2. The van der Waals surface area contributed by atoms with E-state index in [1.807, 2.05) is 36.9 Å². The number of rotatable bonds is 4. The number of nitrogens with one attached hydrogen (secondary N) is 1. The zero-order valence-corrected chi connectivity index (χ0v) is 18.0. The molecule has 1 aromatic heterocycles. The zero-order chi connectivity index (χ0) is 21.2. The molecule has 0 bridgehead atoms. The van der Waals surface area contributed by atoms with Crippen molar-refractivity contribution in [2.45, 2.75) is 59.7 Å². The zero-order valence-electron chi connectivity index (χ0n) is 18.0. The lowest BCUT2D eigenvalue weighted by Crippen LogP contribution is -2.51. The molecule has 1 N–H and O–H groups in total. The van der Waals surface area contributed by atoms with Crippen molar-refractivity contribution in [2.24, 2.45) is 5.41 Å². The Balaban J connectivity index is 1.75. The lowest BCUT2D eigenvalue weighted by molar-refractivity contribution is -0.157. The summed E-state index contributed by atoms with van der Waals surface area (Å²) < 4.78 is 6.39. The van der Waals surface area contributed by atoms with Gasteiger partial charge in [-0.25, -0.2) is 4.79 Å². The number of aryl methyl sites for hydroxylation is 2. The van der Waals surface area contributed by atoms with Gasteiger partial charge in [0.1, 0.15) is 6.10 Å². The number of aromatic amines is 1. The van der Waals surface area contributed by atoms with E-state index in [9.17, 15) is 9.59 Å². The molecule has 6 heteroatoms. The van der Waals surface area contributed by atoms with E-state index in [-0.39, 0.29) is 29.2 Å². The first-order valence-electron chi connectivity index (χ1n) is 10.2. The Labute approximate surface area is 172 Å². The maximum Gasteiger partial charge on any atom is 0.345 e. The van der Waals surface area contributed by atoms with Crippen LogP contribution >= 0.6 is 0 Å². The van der Waals surface area contributed by atoms with Gasteiger partial charge >= 0.3 is 5.69 Å². The quantitative estimate of drug-likeness (QED) is 0.859. The maximum absolute atomic E-state index is 13.1. The van der Waals surface area contributed by atoms with Crippen molar-refractivity contribution in [3.8, 4) is 0 Å². The van der Waals surface area contributed by atoms with Gasteiger partial charge in [-0.1, -0.05) is 51.1 Å². The SMILES string of the molecule is Cc1nc(=O)[nH]c(C)c1CCC(=O)N1C[C@@H](c2ccccc2)O[C@@H](C(C)(C)C)C1. The highest BCUT2D eigenvalue weighted by Crippen LogP contribution is 2.33. The van der Waals surface area contributed by atoms with E-state index in [2.05, 4.69) is 42.9 Å². The van der Waals surface area contributed by atoms with Gasteiger partial charge in [-0.3, -0.25) is 4.79 Å². The van der Waals surface area contributed by atoms with Gasteiger partial charge in [0.15, 0.2) is 0 Å². The van der Waals surface area contributed by atoms with Crippen molar-refractivity contribution >= 4 is 5.91 Å².